The molecule has 114 valence electrons. The summed E-state index contributed by atoms with van der Waals surface area (Å²) in [5.41, 5.74) is 4.81. The number of urea groups is 1. The molecule has 5 nitrogen and oxygen atoms in total. The molecule has 1 heterocycles. The van der Waals surface area contributed by atoms with E-state index in [1.54, 1.807) is 0 Å². The van der Waals surface area contributed by atoms with Crippen molar-refractivity contribution in [2.45, 2.75) is 49.9 Å². The number of alkyl halides is 1. The maximum absolute atomic E-state index is 11.3. The topological polar surface area (TPSA) is 81.4 Å². The molecule has 1 saturated heterocycles. The highest BCUT2D eigenvalue weighted by Crippen LogP contribution is 2.26. The molecule has 0 aliphatic carbocycles. The average molecular weight is 376 g/mol. The van der Waals surface area contributed by atoms with Gasteiger partial charge in [-0.3, -0.25) is 10.1 Å². The molecule has 0 atom stereocenters. The van der Waals surface area contributed by atoms with E-state index in [9.17, 15) is 9.59 Å². The number of primary amides is 1. The van der Waals surface area contributed by atoms with Gasteiger partial charge in [-0.1, -0.05) is 36.2 Å². The Bertz CT molecular complexity index is 263. The van der Waals surface area contributed by atoms with Crippen LogP contribution in [0.1, 0.15) is 39.5 Å². The number of rotatable bonds is 3. The van der Waals surface area contributed by atoms with Crippen molar-refractivity contribution in [2.75, 3.05) is 6.61 Å². The van der Waals surface area contributed by atoms with Crippen LogP contribution in [0.3, 0.4) is 0 Å². The first kappa shape index (κ1) is 21.2. The van der Waals surface area contributed by atoms with E-state index >= 15 is 0 Å². The Labute approximate surface area is 131 Å². The van der Waals surface area contributed by atoms with E-state index in [1.807, 2.05) is 19.2 Å². The third-order valence-electron chi connectivity index (χ3n) is 2.84. The fraction of sp³-hybridized carbons (Fsp3) is 0.818. The van der Waals surface area contributed by atoms with E-state index < -0.39 is 10.4 Å². The summed E-state index contributed by atoms with van der Waals surface area (Å²) in [6.45, 7) is 4.78. The molecule has 1 rings (SSSR count). The lowest BCUT2D eigenvalue weighted by Gasteiger charge is -2.21. The van der Waals surface area contributed by atoms with Crippen LogP contribution >= 0.6 is 28.3 Å². The zero-order valence-corrected chi connectivity index (χ0v) is 15.4. The molecule has 19 heavy (non-hydrogen) atoms. The molecule has 3 amide bonds. The Morgan fingerprint density at radius 3 is 2.16 bits per heavy atom. The quantitative estimate of drug-likeness (QED) is 0.583. The lowest BCUT2D eigenvalue weighted by Crippen LogP contribution is -2.46. The summed E-state index contributed by atoms with van der Waals surface area (Å²) in [6, 6.07) is 0.603. The van der Waals surface area contributed by atoms with E-state index in [-0.39, 0.29) is 28.1 Å². The Kier molecular flexibility index (Phi) is 13.0. The number of carbonyl (C=O) groups is 2. The Morgan fingerprint density at radius 2 is 1.95 bits per heavy atom. The summed E-state index contributed by atoms with van der Waals surface area (Å²) in [5.74, 6) is -0.375. The summed E-state index contributed by atoms with van der Waals surface area (Å²) in [5, 5.41) is 2.04. The number of hydrogen-bond donors (Lipinski definition) is 2. The molecule has 0 unspecified atom stereocenters. The minimum Gasteiger partial charge on any atom is -0.424 e. The minimum absolute atomic E-state index is 0. The molecule has 0 aromatic heterocycles. The van der Waals surface area contributed by atoms with Crippen LogP contribution in [0.2, 0.25) is 6.04 Å². The Hall–Kier alpha value is -0.113. The number of nitrogens with two attached hydrogens (primary N) is 1. The Balaban J connectivity index is 0. The van der Waals surface area contributed by atoms with E-state index in [0.29, 0.717) is 12.8 Å². The van der Waals surface area contributed by atoms with Gasteiger partial charge in [0.05, 0.1) is 0 Å². The van der Waals surface area contributed by atoms with Gasteiger partial charge in [0.2, 0.25) is 5.91 Å². The number of carbonyl (C=O) groups excluding carboxylic acids is 2. The van der Waals surface area contributed by atoms with E-state index in [4.69, 9.17) is 10.2 Å². The molecule has 8 heteroatoms. The molecule has 1 aliphatic heterocycles. The lowest BCUT2D eigenvalue weighted by molar-refractivity contribution is -0.122. The normalized spacial score (nSPS) is 15.7. The van der Waals surface area contributed by atoms with Crippen molar-refractivity contribution in [3.8, 4) is 0 Å². The number of imide groups is 1. The fourth-order valence-electron chi connectivity index (χ4n) is 1.48. The standard InChI is InChI=1S/C7H13BrN2O2.C4H10OSi.ClH/c1-3-7(8,4-2)5(11)10-6(9)12;1-2-4-6-5-3-1;/h3-4H2,1-2H3,(H3,9,10,11,12);1-4,6H2;1H. The second-order valence-electron chi connectivity index (χ2n) is 4.16. The molecular weight excluding hydrogens is 352 g/mol. The molecule has 0 spiro atoms. The maximum Gasteiger partial charge on any atom is 0.318 e. The molecular formula is C11H24BrClN2O3Si. The van der Waals surface area contributed by atoms with E-state index in [2.05, 4.69) is 15.9 Å². The largest absolute Gasteiger partial charge is 0.424 e. The van der Waals surface area contributed by atoms with Crippen molar-refractivity contribution in [3.05, 3.63) is 0 Å². The molecule has 1 fully saturated rings. The smallest absolute Gasteiger partial charge is 0.318 e. The first-order valence-corrected chi connectivity index (χ1v) is 8.70. The first-order valence-electron chi connectivity index (χ1n) is 6.33. The van der Waals surface area contributed by atoms with Crippen LogP contribution in [0.4, 0.5) is 4.79 Å². The van der Waals surface area contributed by atoms with Gasteiger partial charge in [-0.25, -0.2) is 4.79 Å². The van der Waals surface area contributed by atoms with Crippen molar-refractivity contribution in [1.29, 1.82) is 0 Å². The molecule has 0 radical (unpaired) electrons. The van der Waals surface area contributed by atoms with Crippen molar-refractivity contribution in [3.63, 3.8) is 0 Å². The van der Waals surface area contributed by atoms with Crippen LogP contribution in [0, 0.1) is 0 Å². The fourth-order valence-corrected chi connectivity index (χ4v) is 2.75. The van der Waals surface area contributed by atoms with Gasteiger partial charge < -0.3 is 10.2 Å². The number of nitrogens with one attached hydrogen (secondary N) is 1. The minimum atomic E-state index is -0.814. The van der Waals surface area contributed by atoms with Gasteiger partial charge in [0.1, 0.15) is 4.32 Å². The maximum atomic E-state index is 11.3. The highest BCUT2D eigenvalue weighted by Gasteiger charge is 2.32. The number of amides is 3. The van der Waals surface area contributed by atoms with E-state index in [0.717, 1.165) is 6.61 Å². The van der Waals surface area contributed by atoms with Gasteiger partial charge in [-0.05, 0) is 25.3 Å². The van der Waals surface area contributed by atoms with Crippen LogP contribution in [-0.4, -0.2) is 32.6 Å². The predicted octanol–water partition coefficient (Wildman–Crippen LogP) is 1.86. The van der Waals surface area contributed by atoms with Gasteiger partial charge in [0.15, 0.2) is 9.76 Å². The molecule has 0 bridgehead atoms. The van der Waals surface area contributed by atoms with Crippen molar-refractivity contribution in [2.24, 2.45) is 5.73 Å². The zero-order valence-electron chi connectivity index (χ0n) is 11.5. The predicted molar refractivity (Wildman–Crippen MR) is 85.8 cm³/mol. The molecule has 0 saturated carbocycles. The summed E-state index contributed by atoms with van der Waals surface area (Å²) < 4.78 is 4.54. The van der Waals surface area contributed by atoms with Crippen LogP contribution < -0.4 is 11.1 Å². The van der Waals surface area contributed by atoms with Gasteiger partial charge in [-0.15, -0.1) is 12.4 Å². The van der Waals surface area contributed by atoms with Gasteiger partial charge >= 0.3 is 6.03 Å². The average Bonchev–Trinajstić information content (AvgIpc) is 2.39. The third kappa shape index (κ3) is 9.42. The zero-order chi connectivity index (χ0) is 14.0. The second kappa shape index (κ2) is 11.7. The monoisotopic (exact) mass is 374 g/mol. The summed E-state index contributed by atoms with van der Waals surface area (Å²) >= 11 is 3.26. The highest BCUT2D eigenvalue weighted by atomic mass is 79.9. The van der Waals surface area contributed by atoms with Gasteiger partial charge in [0.25, 0.3) is 0 Å². The third-order valence-corrected chi connectivity index (χ3v) is 5.69. The SMILES string of the molecule is C1CC[SiH2]OC1.CCC(Br)(CC)C(=O)NC(N)=O.Cl. The van der Waals surface area contributed by atoms with Crippen LogP contribution in [0.25, 0.3) is 0 Å². The van der Waals surface area contributed by atoms with Crippen molar-refractivity contribution >= 4 is 50.0 Å². The van der Waals surface area contributed by atoms with Crippen molar-refractivity contribution in [1.82, 2.24) is 5.32 Å². The summed E-state index contributed by atoms with van der Waals surface area (Å²) in [6.07, 6.45) is 3.98. The Morgan fingerprint density at radius 1 is 1.37 bits per heavy atom. The van der Waals surface area contributed by atoms with Crippen LogP contribution in [-0.2, 0) is 9.22 Å². The molecule has 1 aliphatic rings. The molecule has 0 aromatic rings. The lowest BCUT2D eigenvalue weighted by atomic mass is 10.0. The van der Waals surface area contributed by atoms with Crippen LogP contribution in [0.5, 0.6) is 0 Å². The van der Waals surface area contributed by atoms with Gasteiger partial charge in [0, 0.05) is 6.61 Å². The summed E-state index contributed by atoms with van der Waals surface area (Å²) in [4.78, 5) is 21.6. The van der Waals surface area contributed by atoms with Gasteiger partial charge in [-0.2, -0.15) is 0 Å². The summed E-state index contributed by atoms with van der Waals surface area (Å²) in [7, 11) is 0.00849. The second-order valence-corrected chi connectivity index (χ2v) is 7.21. The highest BCUT2D eigenvalue weighted by molar-refractivity contribution is 9.10. The first-order chi connectivity index (χ1) is 8.46. The number of halogens is 2. The van der Waals surface area contributed by atoms with Crippen molar-refractivity contribution < 1.29 is 14.0 Å². The molecule has 3 N–H and O–H groups in total. The van der Waals surface area contributed by atoms with Crippen LogP contribution in [0.15, 0.2) is 0 Å². The molecule has 0 aromatic carbocycles. The number of hydrogen-bond acceptors (Lipinski definition) is 3. The van der Waals surface area contributed by atoms with E-state index in [1.165, 1.54) is 18.9 Å².